The molecule has 2 unspecified atom stereocenters. The first kappa shape index (κ1) is 11.9. The third-order valence-electron chi connectivity index (χ3n) is 3.03. The van der Waals surface area contributed by atoms with Crippen molar-refractivity contribution in [3.63, 3.8) is 0 Å². The summed E-state index contributed by atoms with van der Waals surface area (Å²) in [5.41, 5.74) is 5.43. The van der Waals surface area contributed by atoms with E-state index in [1.807, 2.05) is 0 Å². The number of hydrogen-bond donors (Lipinski definition) is 4. The Morgan fingerprint density at radius 2 is 2.53 bits per heavy atom. The van der Waals surface area contributed by atoms with Crippen LogP contribution in [0.4, 0.5) is 5.82 Å². The molecule has 0 spiro atoms. The van der Waals surface area contributed by atoms with Crippen LogP contribution in [0.5, 0.6) is 0 Å². The number of nitrogens with one attached hydrogen (secondary N) is 1. The van der Waals surface area contributed by atoms with Gasteiger partial charge in [0.15, 0.2) is 0 Å². The zero-order valence-electron chi connectivity index (χ0n) is 9.28. The number of aliphatic carboxylic acids is 1. The smallest absolute Gasteiger partial charge is 0.320 e. The van der Waals surface area contributed by atoms with Crippen LogP contribution in [0.25, 0.3) is 0 Å². The number of nitrogens with two attached hydrogens (primary N) is 1. The molecule has 0 radical (unpaired) electrons. The van der Waals surface area contributed by atoms with Crippen molar-refractivity contribution < 1.29 is 15.0 Å². The van der Waals surface area contributed by atoms with Crippen LogP contribution in [0.15, 0.2) is 12.3 Å². The molecular formula is C10H16N4O3. The van der Waals surface area contributed by atoms with Gasteiger partial charge in [0.25, 0.3) is 0 Å². The van der Waals surface area contributed by atoms with Gasteiger partial charge in [0, 0.05) is 12.0 Å². The van der Waals surface area contributed by atoms with Crippen molar-refractivity contribution >= 4 is 11.8 Å². The third-order valence-corrected chi connectivity index (χ3v) is 3.03. The Morgan fingerprint density at radius 1 is 1.76 bits per heavy atom. The van der Waals surface area contributed by atoms with Crippen LogP contribution in [0.1, 0.15) is 12.8 Å². The predicted octanol–water partition coefficient (Wildman–Crippen LogP) is -0.565. The summed E-state index contributed by atoms with van der Waals surface area (Å²) in [7, 11) is 0. The van der Waals surface area contributed by atoms with Gasteiger partial charge in [-0.2, -0.15) is 5.10 Å². The summed E-state index contributed by atoms with van der Waals surface area (Å²) in [6.07, 6.45) is 1.86. The molecule has 0 aromatic carbocycles. The third kappa shape index (κ3) is 2.56. The second-order valence-corrected chi connectivity index (χ2v) is 4.27. The minimum Gasteiger partial charge on any atom is -0.480 e. The van der Waals surface area contributed by atoms with E-state index in [1.165, 1.54) is 0 Å². The maximum absolute atomic E-state index is 10.6. The lowest BCUT2D eigenvalue weighted by Gasteiger charge is -2.30. The second kappa shape index (κ2) is 4.72. The van der Waals surface area contributed by atoms with Crippen LogP contribution >= 0.6 is 0 Å². The lowest BCUT2D eigenvalue weighted by molar-refractivity contribution is -0.138. The van der Waals surface area contributed by atoms with E-state index in [-0.39, 0.29) is 5.92 Å². The summed E-state index contributed by atoms with van der Waals surface area (Å²) in [5.74, 6) is -0.313. The molecule has 2 rings (SSSR count). The van der Waals surface area contributed by atoms with Gasteiger partial charge in [-0.3, -0.25) is 4.79 Å². The number of aliphatic hydroxyl groups excluding tert-OH is 1. The number of aromatic nitrogens is 2. The van der Waals surface area contributed by atoms with Gasteiger partial charge in [-0.1, -0.05) is 0 Å². The largest absolute Gasteiger partial charge is 0.480 e. The van der Waals surface area contributed by atoms with Crippen LogP contribution in [-0.2, 0) is 11.3 Å². The van der Waals surface area contributed by atoms with E-state index >= 15 is 0 Å². The normalized spacial score (nSPS) is 24.8. The van der Waals surface area contributed by atoms with Gasteiger partial charge < -0.3 is 21.3 Å². The summed E-state index contributed by atoms with van der Waals surface area (Å²) in [5, 5.41) is 25.5. The quantitative estimate of drug-likeness (QED) is 0.561. The monoisotopic (exact) mass is 240 g/mol. The van der Waals surface area contributed by atoms with E-state index in [4.69, 9.17) is 10.8 Å². The van der Waals surface area contributed by atoms with Gasteiger partial charge in [-0.25, -0.2) is 4.68 Å². The topological polar surface area (TPSA) is 113 Å². The van der Waals surface area contributed by atoms with Crippen molar-refractivity contribution in [2.75, 3.05) is 5.32 Å². The molecule has 0 fully saturated rings. The minimum atomic E-state index is -1.01. The highest BCUT2D eigenvalue weighted by Gasteiger charge is 2.27. The number of aliphatic hydroxyl groups is 1. The van der Waals surface area contributed by atoms with Gasteiger partial charge in [0.05, 0.1) is 12.7 Å². The molecule has 2 heterocycles. The van der Waals surface area contributed by atoms with E-state index in [2.05, 4.69) is 10.4 Å². The van der Waals surface area contributed by atoms with Gasteiger partial charge >= 0.3 is 5.97 Å². The number of rotatable bonds is 4. The zero-order chi connectivity index (χ0) is 12.4. The zero-order valence-corrected chi connectivity index (χ0v) is 9.28. The average molecular weight is 240 g/mol. The fourth-order valence-electron chi connectivity index (χ4n) is 1.96. The van der Waals surface area contributed by atoms with Gasteiger partial charge in [0.1, 0.15) is 18.1 Å². The van der Waals surface area contributed by atoms with Crippen molar-refractivity contribution in [3.05, 3.63) is 12.3 Å². The molecule has 5 N–H and O–H groups in total. The number of nitrogens with zero attached hydrogens (tertiary/aromatic N) is 2. The van der Waals surface area contributed by atoms with Crippen molar-refractivity contribution in [2.45, 2.75) is 31.7 Å². The van der Waals surface area contributed by atoms with Crippen molar-refractivity contribution in [2.24, 2.45) is 11.7 Å². The van der Waals surface area contributed by atoms with Crippen molar-refractivity contribution in [3.8, 4) is 0 Å². The number of hydrogen-bond acceptors (Lipinski definition) is 5. The molecule has 0 saturated heterocycles. The number of carboxylic acids is 1. The molecule has 0 bridgehead atoms. The van der Waals surface area contributed by atoms with Gasteiger partial charge in [-0.05, 0) is 12.8 Å². The van der Waals surface area contributed by atoms with E-state index in [0.717, 1.165) is 5.82 Å². The number of anilines is 1. The maximum atomic E-state index is 10.6. The molecule has 7 heteroatoms. The summed E-state index contributed by atoms with van der Waals surface area (Å²) in [6, 6.07) is 0.906. The Bertz CT molecular complexity index is 406. The van der Waals surface area contributed by atoms with Crippen LogP contribution in [-0.4, -0.2) is 38.2 Å². The van der Waals surface area contributed by atoms with E-state index in [0.29, 0.717) is 19.4 Å². The van der Waals surface area contributed by atoms with E-state index in [1.54, 1.807) is 16.9 Å². The standard InChI is InChI=1S/C10H16N4O3/c11-7(10(16)17)2-1-6-5-14-8(3-4-12-14)13-9(6)15/h3-4,6-7,9,13,15H,1-2,5,11H2,(H,16,17)/t6?,7-,9?/m0/s1. The summed E-state index contributed by atoms with van der Waals surface area (Å²) in [6.45, 7) is 0.572. The molecule has 0 amide bonds. The molecule has 1 aliphatic heterocycles. The lowest BCUT2D eigenvalue weighted by atomic mass is 9.97. The molecule has 0 aliphatic carbocycles. The summed E-state index contributed by atoms with van der Waals surface area (Å²) >= 11 is 0. The fourth-order valence-corrected chi connectivity index (χ4v) is 1.96. The first-order valence-electron chi connectivity index (χ1n) is 5.52. The Hall–Kier alpha value is -1.60. The second-order valence-electron chi connectivity index (χ2n) is 4.27. The van der Waals surface area contributed by atoms with Gasteiger partial charge in [-0.15, -0.1) is 0 Å². The fraction of sp³-hybridized carbons (Fsp3) is 0.600. The van der Waals surface area contributed by atoms with Crippen molar-refractivity contribution in [1.29, 1.82) is 0 Å². The molecule has 17 heavy (non-hydrogen) atoms. The minimum absolute atomic E-state index is 0.0761. The van der Waals surface area contributed by atoms with Crippen LogP contribution in [0, 0.1) is 5.92 Å². The highest BCUT2D eigenvalue weighted by Crippen LogP contribution is 2.24. The molecule has 1 aromatic heterocycles. The molecule has 7 nitrogen and oxygen atoms in total. The Kier molecular flexibility index (Phi) is 3.30. The Balaban J connectivity index is 1.92. The molecule has 3 atom stereocenters. The van der Waals surface area contributed by atoms with Gasteiger partial charge in [0.2, 0.25) is 0 Å². The predicted molar refractivity (Wildman–Crippen MR) is 60.2 cm³/mol. The maximum Gasteiger partial charge on any atom is 0.320 e. The number of fused-ring (bicyclic) bond motifs is 1. The molecule has 1 aromatic rings. The first-order valence-corrected chi connectivity index (χ1v) is 5.52. The highest BCUT2D eigenvalue weighted by atomic mass is 16.4. The number of carboxylic acid groups (broad SMARTS) is 1. The Morgan fingerprint density at radius 3 is 3.24 bits per heavy atom. The average Bonchev–Trinajstić information content (AvgIpc) is 2.72. The number of carbonyl (C=O) groups is 1. The highest BCUT2D eigenvalue weighted by molar-refractivity contribution is 5.72. The van der Waals surface area contributed by atoms with Crippen LogP contribution < -0.4 is 11.1 Å². The SMILES string of the molecule is N[C@@H](CCC1Cn2nccc2NC1O)C(=O)O. The molecular weight excluding hydrogens is 224 g/mol. The molecule has 1 aliphatic rings. The van der Waals surface area contributed by atoms with Crippen molar-refractivity contribution in [1.82, 2.24) is 9.78 Å². The van der Waals surface area contributed by atoms with Crippen LogP contribution in [0.2, 0.25) is 0 Å². The summed E-state index contributed by atoms with van der Waals surface area (Å²) in [4.78, 5) is 10.6. The molecule has 94 valence electrons. The van der Waals surface area contributed by atoms with Crippen LogP contribution in [0.3, 0.4) is 0 Å². The lowest BCUT2D eigenvalue weighted by Crippen LogP contribution is -2.39. The first-order chi connectivity index (χ1) is 8.08. The summed E-state index contributed by atoms with van der Waals surface area (Å²) < 4.78 is 1.75. The van der Waals surface area contributed by atoms with E-state index < -0.39 is 18.2 Å². The van der Waals surface area contributed by atoms with E-state index in [9.17, 15) is 9.90 Å². The Labute approximate surface area is 98.2 Å². The molecule has 0 saturated carbocycles.